The molecule has 0 atom stereocenters. The summed E-state index contributed by atoms with van der Waals surface area (Å²) in [6.45, 7) is 4.40. The first-order valence-electron chi connectivity index (χ1n) is 4.62. The second kappa shape index (κ2) is 11.8. The lowest BCUT2D eigenvalue weighted by Gasteiger charge is -2.05. The van der Waals surface area contributed by atoms with Crippen LogP contribution in [0.5, 0.6) is 0 Å². The third-order valence-corrected chi connectivity index (χ3v) is 1.42. The Hall–Kier alpha value is -0.200. The highest BCUT2D eigenvalue weighted by molar-refractivity contribution is 4.46. The minimum absolute atomic E-state index is 0.165. The van der Waals surface area contributed by atoms with E-state index < -0.39 is 0 Å². The predicted octanol–water partition coefficient (Wildman–Crippen LogP) is -1.83. The van der Waals surface area contributed by atoms with Crippen LogP contribution < -0.4 is 10.6 Å². The van der Waals surface area contributed by atoms with Crippen LogP contribution in [0.15, 0.2) is 0 Å². The van der Waals surface area contributed by atoms with Crippen LogP contribution in [0.3, 0.4) is 0 Å². The second-order valence-corrected chi connectivity index (χ2v) is 2.56. The van der Waals surface area contributed by atoms with Crippen LogP contribution in [0.1, 0.15) is 0 Å². The molecular formula is C8H20N2O3. The van der Waals surface area contributed by atoms with E-state index in [4.69, 9.17) is 14.9 Å². The van der Waals surface area contributed by atoms with Gasteiger partial charge in [0.15, 0.2) is 0 Å². The molecule has 4 N–H and O–H groups in total. The molecule has 0 spiro atoms. The number of nitrogens with one attached hydrogen (secondary N) is 2. The van der Waals surface area contributed by atoms with E-state index in [0.717, 1.165) is 13.1 Å². The Kier molecular flexibility index (Phi) is 11.6. The van der Waals surface area contributed by atoms with Gasteiger partial charge in [0.1, 0.15) is 0 Å². The number of hydrogen-bond donors (Lipinski definition) is 4. The Bertz CT molecular complexity index is 83.5. The summed E-state index contributed by atoms with van der Waals surface area (Å²) >= 11 is 0. The van der Waals surface area contributed by atoms with Crippen LogP contribution in [0.4, 0.5) is 0 Å². The topological polar surface area (TPSA) is 73.8 Å². The minimum atomic E-state index is 0.165. The molecule has 0 unspecified atom stereocenters. The molecule has 0 radical (unpaired) electrons. The van der Waals surface area contributed by atoms with Gasteiger partial charge in [-0.1, -0.05) is 0 Å². The molecule has 0 rings (SSSR count). The van der Waals surface area contributed by atoms with Crippen molar-refractivity contribution >= 4 is 0 Å². The average Bonchev–Trinajstić information content (AvgIpc) is 2.16. The van der Waals surface area contributed by atoms with Crippen LogP contribution in [-0.2, 0) is 4.74 Å². The van der Waals surface area contributed by atoms with Crippen molar-refractivity contribution in [1.82, 2.24) is 10.6 Å². The van der Waals surface area contributed by atoms with Gasteiger partial charge in [0, 0.05) is 26.2 Å². The van der Waals surface area contributed by atoms with E-state index in [1.54, 1.807) is 0 Å². The molecule has 0 bridgehead atoms. The second-order valence-electron chi connectivity index (χ2n) is 2.56. The van der Waals surface area contributed by atoms with E-state index in [-0.39, 0.29) is 13.2 Å². The number of ether oxygens (including phenoxy) is 1. The van der Waals surface area contributed by atoms with Crippen molar-refractivity contribution in [1.29, 1.82) is 0 Å². The molecule has 0 aliphatic rings. The fourth-order valence-electron chi connectivity index (χ4n) is 0.799. The minimum Gasteiger partial charge on any atom is -0.395 e. The summed E-state index contributed by atoms with van der Waals surface area (Å²) < 4.78 is 5.24. The molecule has 0 amide bonds. The standard InChI is InChI=1S/C8H20N2O3/c11-5-1-9-3-7-13-8-4-10-2-6-12/h9-12H,1-8H2. The van der Waals surface area contributed by atoms with E-state index in [1.165, 1.54) is 0 Å². The molecule has 5 nitrogen and oxygen atoms in total. The summed E-state index contributed by atoms with van der Waals surface area (Å²) in [5, 5.41) is 22.9. The highest BCUT2D eigenvalue weighted by Crippen LogP contribution is 1.71. The fraction of sp³-hybridized carbons (Fsp3) is 1.00. The lowest BCUT2D eigenvalue weighted by Crippen LogP contribution is -2.26. The molecule has 0 saturated heterocycles. The van der Waals surface area contributed by atoms with Gasteiger partial charge in [-0.15, -0.1) is 0 Å². The van der Waals surface area contributed by atoms with Crippen LogP contribution in [0.25, 0.3) is 0 Å². The van der Waals surface area contributed by atoms with Gasteiger partial charge in [-0.25, -0.2) is 0 Å². The zero-order chi connectivity index (χ0) is 9.78. The van der Waals surface area contributed by atoms with Gasteiger partial charge < -0.3 is 25.6 Å². The number of aliphatic hydroxyl groups is 2. The van der Waals surface area contributed by atoms with Gasteiger partial charge in [0.25, 0.3) is 0 Å². The van der Waals surface area contributed by atoms with Gasteiger partial charge in [0.2, 0.25) is 0 Å². The molecule has 0 heterocycles. The van der Waals surface area contributed by atoms with Crippen molar-refractivity contribution in [3.05, 3.63) is 0 Å². The van der Waals surface area contributed by atoms with E-state index in [0.29, 0.717) is 26.3 Å². The first-order chi connectivity index (χ1) is 6.41. The zero-order valence-electron chi connectivity index (χ0n) is 7.96. The highest BCUT2D eigenvalue weighted by Gasteiger charge is 1.88. The molecule has 0 aromatic heterocycles. The maximum absolute atomic E-state index is 8.43. The third-order valence-electron chi connectivity index (χ3n) is 1.42. The summed E-state index contributed by atoms with van der Waals surface area (Å²) in [4.78, 5) is 0. The van der Waals surface area contributed by atoms with Gasteiger partial charge in [-0.05, 0) is 0 Å². The molecule has 5 heteroatoms. The highest BCUT2D eigenvalue weighted by atomic mass is 16.5. The molecule has 0 saturated carbocycles. The lowest BCUT2D eigenvalue weighted by atomic mass is 10.6. The first-order valence-corrected chi connectivity index (χ1v) is 4.62. The Morgan fingerprint density at radius 1 is 0.769 bits per heavy atom. The summed E-state index contributed by atoms with van der Waals surface area (Å²) in [6.07, 6.45) is 0. The fourth-order valence-corrected chi connectivity index (χ4v) is 0.799. The lowest BCUT2D eigenvalue weighted by molar-refractivity contribution is 0.135. The van der Waals surface area contributed by atoms with Crippen molar-refractivity contribution in [2.24, 2.45) is 0 Å². The maximum atomic E-state index is 8.43. The first kappa shape index (κ1) is 12.8. The summed E-state index contributed by atoms with van der Waals surface area (Å²) in [5.74, 6) is 0. The summed E-state index contributed by atoms with van der Waals surface area (Å²) in [7, 11) is 0. The van der Waals surface area contributed by atoms with E-state index in [2.05, 4.69) is 10.6 Å². The van der Waals surface area contributed by atoms with Crippen molar-refractivity contribution in [3.8, 4) is 0 Å². The molecule has 0 aliphatic carbocycles. The van der Waals surface area contributed by atoms with Gasteiger partial charge >= 0.3 is 0 Å². The molecular weight excluding hydrogens is 172 g/mol. The predicted molar refractivity (Wildman–Crippen MR) is 50.7 cm³/mol. The van der Waals surface area contributed by atoms with Crippen molar-refractivity contribution in [3.63, 3.8) is 0 Å². The van der Waals surface area contributed by atoms with Crippen molar-refractivity contribution in [2.45, 2.75) is 0 Å². The molecule has 0 aliphatic heterocycles. The van der Waals surface area contributed by atoms with Gasteiger partial charge in [-0.2, -0.15) is 0 Å². The van der Waals surface area contributed by atoms with Gasteiger partial charge in [-0.3, -0.25) is 0 Å². The largest absolute Gasteiger partial charge is 0.395 e. The number of aliphatic hydroxyl groups excluding tert-OH is 2. The van der Waals surface area contributed by atoms with E-state index in [1.807, 2.05) is 0 Å². The third kappa shape index (κ3) is 11.8. The van der Waals surface area contributed by atoms with Crippen LogP contribution in [-0.4, -0.2) is 62.8 Å². The van der Waals surface area contributed by atoms with Crippen molar-refractivity contribution < 1.29 is 14.9 Å². The van der Waals surface area contributed by atoms with E-state index in [9.17, 15) is 0 Å². The normalized spacial score (nSPS) is 10.6. The molecule has 0 fully saturated rings. The summed E-state index contributed by atoms with van der Waals surface area (Å²) in [5.41, 5.74) is 0. The monoisotopic (exact) mass is 192 g/mol. The summed E-state index contributed by atoms with van der Waals surface area (Å²) in [6, 6.07) is 0. The molecule has 13 heavy (non-hydrogen) atoms. The zero-order valence-corrected chi connectivity index (χ0v) is 7.96. The molecule has 80 valence electrons. The molecule has 0 aromatic carbocycles. The quantitative estimate of drug-likeness (QED) is 0.306. The Morgan fingerprint density at radius 2 is 1.23 bits per heavy atom. The van der Waals surface area contributed by atoms with E-state index >= 15 is 0 Å². The Labute approximate surface area is 79.1 Å². The average molecular weight is 192 g/mol. The number of rotatable bonds is 10. The molecule has 0 aromatic rings. The Morgan fingerprint density at radius 3 is 1.62 bits per heavy atom. The SMILES string of the molecule is OCCNCCOCCNCCO. The smallest absolute Gasteiger partial charge is 0.0591 e. The van der Waals surface area contributed by atoms with Crippen molar-refractivity contribution in [2.75, 3.05) is 52.6 Å². The van der Waals surface area contributed by atoms with Gasteiger partial charge in [0.05, 0.1) is 26.4 Å². The van der Waals surface area contributed by atoms with Crippen LogP contribution >= 0.6 is 0 Å². The Balaban J connectivity index is 2.76. The van der Waals surface area contributed by atoms with Crippen LogP contribution in [0, 0.1) is 0 Å². The number of hydrogen-bond acceptors (Lipinski definition) is 5. The van der Waals surface area contributed by atoms with Crippen LogP contribution in [0.2, 0.25) is 0 Å². The maximum Gasteiger partial charge on any atom is 0.0591 e.